The number of carbonyl (C=O) groups excluding carboxylic acids is 2. The van der Waals surface area contributed by atoms with Crippen LogP contribution >= 0.6 is 43.5 Å². The predicted molar refractivity (Wildman–Crippen MR) is 76.3 cm³/mol. The van der Waals surface area contributed by atoms with Crippen LogP contribution in [0, 0.1) is 0 Å². The van der Waals surface area contributed by atoms with E-state index in [4.69, 9.17) is 16.3 Å². The third-order valence-electron chi connectivity index (χ3n) is 1.86. The summed E-state index contributed by atoms with van der Waals surface area (Å²) in [4.78, 5) is 22.4. The highest BCUT2D eigenvalue weighted by Gasteiger charge is 2.11. The van der Waals surface area contributed by atoms with Gasteiger partial charge in [0.2, 0.25) is 5.91 Å². The van der Waals surface area contributed by atoms with Gasteiger partial charge < -0.3 is 10.1 Å². The fraction of sp³-hybridized carbons (Fsp3) is 0.200. The van der Waals surface area contributed by atoms with Crippen LogP contribution in [-0.2, 0) is 4.79 Å². The molecule has 1 aromatic carbocycles. The van der Waals surface area contributed by atoms with Crippen LogP contribution in [0.2, 0.25) is 0 Å². The van der Waals surface area contributed by atoms with E-state index in [0.29, 0.717) is 15.9 Å². The van der Waals surface area contributed by atoms with Gasteiger partial charge in [-0.15, -0.1) is 11.6 Å². The molecule has 5 nitrogen and oxygen atoms in total. The fourth-order valence-electron chi connectivity index (χ4n) is 1.09. The monoisotopic (exact) mass is 398 g/mol. The van der Waals surface area contributed by atoms with Crippen LogP contribution in [0.5, 0.6) is 5.75 Å². The quantitative estimate of drug-likeness (QED) is 0.767. The van der Waals surface area contributed by atoms with Crippen molar-refractivity contribution >= 4 is 61.1 Å². The lowest BCUT2D eigenvalue weighted by atomic mass is 10.3. The summed E-state index contributed by atoms with van der Waals surface area (Å²) >= 11 is 11.9. The molecule has 0 saturated heterocycles. The summed E-state index contributed by atoms with van der Waals surface area (Å²) in [6.45, 7) is 0. The first-order valence-corrected chi connectivity index (χ1v) is 6.79. The van der Waals surface area contributed by atoms with E-state index in [1.807, 2.05) is 0 Å². The number of urea groups is 1. The van der Waals surface area contributed by atoms with Crippen LogP contribution in [0.3, 0.4) is 0 Å². The van der Waals surface area contributed by atoms with Gasteiger partial charge in [0.1, 0.15) is 11.6 Å². The summed E-state index contributed by atoms with van der Waals surface area (Å²) < 4.78 is 6.48. The Morgan fingerprint density at radius 1 is 1.33 bits per heavy atom. The smallest absolute Gasteiger partial charge is 0.325 e. The normalized spacial score (nSPS) is 9.78. The molecule has 0 unspecified atom stereocenters. The van der Waals surface area contributed by atoms with Crippen molar-refractivity contribution in [2.75, 3.05) is 18.3 Å². The highest BCUT2D eigenvalue weighted by molar-refractivity contribution is 9.11. The molecule has 0 aliphatic rings. The third-order valence-corrected chi connectivity index (χ3v) is 3.38. The van der Waals surface area contributed by atoms with Crippen molar-refractivity contribution in [2.45, 2.75) is 0 Å². The van der Waals surface area contributed by atoms with Crippen molar-refractivity contribution in [1.29, 1.82) is 0 Å². The topological polar surface area (TPSA) is 67.4 Å². The first kappa shape index (κ1) is 15.3. The van der Waals surface area contributed by atoms with Gasteiger partial charge in [-0.3, -0.25) is 10.1 Å². The molecule has 0 heterocycles. The molecule has 1 aromatic rings. The number of nitrogens with one attached hydrogen (secondary N) is 2. The van der Waals surface area contributed by atoms with Gasteiger partial charge in [0.15, 0.2) is 0 Å². The number of halogens is 3. The molecule has 0 fully saturated rings. The maximum Gasteiger partial charge on any atom is 0.325 e. The zero-order chi connectivity index (χ0) is 13.7. The number of anilines is 1. The fourth-order valence-corrected chi connectivity index (χ4v) is 2.42. The summed E-state index contributed by atoms with van der Waals surface area (Å²) in [5, 5.41) is 4.56. The number of alkyl halides is 1. The summed E-state index contributed by atoms with van der Waals surface area (Å²) in [7, 11) is 1.51. The molecule has 8 heteroatoms. The van der Waals surface area contributed by atoms with Crippen molar-refractivity contribution in [3.63, 3.8) is 0 Å². The van der Waals surface area contributed by atoms with Gasteiger partial charge >= 0.3 is 6.03 Å². The number of benzene rings is 1. The van der Waals surface area contributed by atoms with E-state index in [0.717, 1.165) is 4.47 Å². The molecular weight excluding hydrogens is 391 g/mol. The SMILES string of the molecule is COc1cc(NC(=O)NC(=O)CCl)c(Br)cc1Br. The summed E-state index contributed by atoms with van der Waals surface area (Å²) in [6.07, 6.45) is 0. The molecule has 0 aromatic heterocycles. The van der Waals surface area contributed by atoms with Gasteiger partial charge in [-0.25, -0.2) is 4.79 Å². The highest BCUT2D eigenvalue weighted by Crippen LogP contribution is 2.34. The Hall–Kier alpha value is -0.790. The van der Waals surface area contributed by atoms with Crippen molar-refractivity contribution in [1.82, 2.24) is 5.32 Å². The van der Waals surface area contributed by atoms with E-state index in [1.165, 1.54) is 7.11 Å². The lowest BCUT2D eigenvalue weighted by molar-refractivity contribution is -0.117. The van der Waals surface area contributed by atoms with E-state index in [2.05, 4.69) is 42.5 Å². The molecule has 0 aliphatic heterocycles. The Bertz CT molecular complexity index is 482. The van der Waals surface area contributed by atoms with Crippen molar-refractivity contribution in [3.8, 4) is 5.75 Å². The Morgan fingerprint density at radius 3 is 2.56 bits per heavy atom. The predicted octanol–water partition coefficient (Wildman–Crippen LogP) is 3.11. The largest absolute Gasteiger partial charge is 0.495 e. The van der Waals surface area contributed by atoms with E-state index in [-0.39, 0.29) is 5.88 Å². The van der Waals surface area contributed by atoms with Gasteiger partial charge in [0.05, 0.1) is 17.3 Å². The van der Waals surface area contributed by atoms with E-state index in [9.17, 15) is 9.59 Å². The molecule has 18 heavy (non-hydrogen) atoms. The van der Waals surface area contributed by atoms with Crippen LogP contribution in [0.15, 0.2) is 21.1 Å². The van der Waals surface area contributed by atoms with Crippen LogP contribution in [-0.4, -0.2) is 24.9 Å². The van der Waals surface area contributed by atoms with Crippen LogP contribution in [0.25, 0.3) is 0 Å². The first-order valence-electron chi connectivity index (χ1n) is 4.67. The molecule has 0 radical (unpaired) electrons. The second-order valence-corrected chi connectivity index (χ2v) is 5.08. The maximum absolute atomic E-state index is 11.4. The Kier molecular flexibility index (Phi) is 5.90. The number of imide groups is 1. The summed E-state index contributed by atoms with van der Waals surface area (Å²) in [6, 6.07) is 2.67. The molecule has 0 spiro atoms. The van der Waals surface area contributed by atoms with E-state index >= 15 is 0 Å². The Morgan fingerprint density at radius 2 is 2.00 bits per heavy atom. The molecule has 0 saturated carbocycles. The minimum Gasteiger partial charge on any atom is -0.495 e. The lowest BCUT2D eigenvalue weighted by Crippen LogP contribution is -2.35. The average molecular weight is 400 g/mol. The number of hydrogen-bond donors (Lipinski definition) is 2. The molecule has 0 atom stereocenters. The molecular formula is C10H9Br2ClN2O3. The molecule has 2 N–H and O–H groups in total. The minimum atomic E-state index is -0.661. The number of hydrogen-bond acceptors (Lipinski definition) is 3. The number of amides is 3. The zero-order valence-electron chi connectivity index (χ0n) is 9.22. The van der Waals surface area contributed by atoms with Gasteiger partial charge in [-0.1, -0.05) is 0 Å². The Labute approximate surface area is 125 Å². The van der Waals surface area contributed by atoms with Gasteiger partial charge in [-0.05, 0) is 37.9 Å². The number of ether oxygens (including phenoxy) is 1. The second-order valence-electron chi connectivity index (χ2n) is 3.10. The van der Waals surface area contributed by atoms with Crippen LogP contribution in [0.4, 0.5) is 10.5 Å². The zero-order valence-corrected chi connectivity index (χ0v) is 13.1. The lowest BCUT2D eigenvalue weighted by Gasteiger charge is -2.11. The van der Waals surface area contributed by atoms with E-state index in [1.54, 1.807) is 12.1 Å². The molecule has 3 amide bonds. The summed E-state index contributed by atoms with van der Waals surface area (Å²) in [5.74, 6) is -0.301. The average Bonchev–Trinajstić information content (AvgIpc) is 2.32. The third kappa shape index (κ3) is 4.15. The van der Waals surface area contributed by atoms with Crippen molar-refractivity contribution < 1.29 is 14.3 Å². The van der Waals surface area contributed by atoms with Crippen molar-refractivity contribution in [3.05, 3.63) is 21.1 Å². The molecule has 0 aliphatic carbocycles. The van der Waals surface area contributed by atoms with Crippen LogP contribution < -0.4 is 15.4 Å². The number of methoxy groups -OCH3 is 1. The maximum atomic E-state index is 11.4. The first-order chi connectivity index (χ1) is 8.47. The minimum absolute atomic E-state index is 0.280. The second kappa shape index (κ2) is 6.96. The Balaban J connectivity index is 2.84. The summed E-state index contributed by atoms with van der Waals surface area (Å²) in [5.41, 5.74) is 0.468. The van der Waals surface area contributed by atoms with E-state index < -0.39 is 11.9 Å². The van der Waals surface area contributed by atoms with Gasteiger partial charge in [0.25, 0.3) is 0 Å². The molecule has 98 valence electrons. The van der Waals surface area contributed by atoms with Crippen LogP contribution in [0.1, 0.15) is 0 Å². The highest BCUT2D eigenvalue weighted by atomic mass is 79.9. The molecule has 1 rings (SSSR count). The van der Waals surface area contributed by atoms with Gasteiger partial charge in [-0.2, -0.15) is 0 Å². The number of carbonyl (C=O) groups is 2. The number of rotatable bonds is 3. The van der Waals surface area contributed by atoms with Crippen molar-refractivity contribution in [2.24, 2.45) is 0 Å². The standard InChI is InChI=1S/C10H9Br2ClN2O3/c1-18-8-3-7(5(11)2-6(8)12)14-10(17)15-9(16)4-13/h2-3H,4H2,1H3,(H2,14,15,16,17). The van der Waals surface area contributed by atoms with Gasteiger partial charge in [0, 0.05) is 10.5 Å². The molecule has 0 bridgehead atoms.